The molecule has 0 saturated heterocycles. The fourth-order valence-corrected chi connectivity index (χ4v) is 7.18. The standard InChI is InChI=1S/C36H37F2N3O4S/c37-29-18-16-28(17-19-29)25-40(34(24-27-10-4-1-5-11-27)36(43)39-31-12-6-2-7-13-31)35(42)26-41(32-22-20-30(38)21-23-32)46(44,45)33-14-8-3-9-15-33/h1,3-5,8-11,14-23,31,34H,2,6-7,12-13,24-26H2,(H,39,43)/t34-/m1/s1. The van der Waals surface area contributed by atoms with Crippen molar-refractivity contribution in [3.63, 3.8) is 0 Å². The molecule has 0 radical (unpaired) electrons. The average molecular weight is 646 g/mol. The monoisotopic (exact) mass is 645 g/mol. The van der Waals surface area contributed by atoms with Crippen LogP contribution in [-0.4, -0.2) is 43.8 Å². The Kier molecular flexibility index (Phi) is 10.8. The Labute approximate surface area is 268 Å². The van der Waals surface area contributed by atoms with E-state index >= 15 is 0 Å². The molecule has 2 amide bonds. The van der Waals surface area contributed by atoms with Crippen LogP contribution in [0.3, 0.4) is 0 Å². The number of nitrogens with one attached hydrogen (secondary N) is 1. The van der Waals surface area contributed by atoms with Gasteiger partial charge in [-0.1, -0.05) is 79.9 Å². The Balaban J connectivity index is 1.55. The SMILES string of the molecule is O=C(NC1CCCCC1)[C@@H](Cc1ccccc1)N(Cc1ccc(F)cc1)C(=O)CN(c1ccc(F)cc1)S(=O)(=O)c1ccccc1. The van der Waals surface area contributed by atoms with Crippen LogP contribution in [0, 0.1) is 11.6 Å². The molecule has 1 saturated carbocycles. The Morgan fingerprint density at radius 2 is 1.30 bits per heavy atom. The molecule has 1 fully saturated rings. The third kappa shape index (κ3) is 8.37. The molecule has 4 aromatic carbocycles. The van der Waals surface area contributed by atoms with Crippen molar-refractivity contribution in [3.8, 4) is 0 Å². The molecule has 1 aliphatic carbocycles. The van der Waals surface area contributed by atoms with Gasteiger partial charge in [0.25, 0.3) is 10.0 Å². The van der Waals surface area contributed by atoms with Crippen molar-refractivity contribution >= 4 is 27.5 Å². The number of halogens is 2. The Hall–Kier alpha value is -4.57. The van der Waals surface area contributed by atoms with E-state index in [-0.39, 0.29) is 35.5 Å². The zero-order valence-electron chi connectivity index (χ0n) is 25.4. The highest BCUT2D eigenvalue weighted by molar-refractivity contribution is 7.92. The van der Waals surface area contributed by atoms with E-state index in [0.29, 0.717) is 5.56 Å². The van der Waals surface area contributed by atoms with Crippen molar-refractivity contribution in [2.24, 2.45) is 0 Å². The number of anilines is 1. The van der Waals surface area contributed by atoms with E-state index in [1.807, 2.05) is 30.3 Å². The van der Waals surface area contributed by atoms with Crippen LogP contribution in [0.2, 0.25) is 0 Å². The Morgan fingerprint density at radius 3 is 1.91 bits per heavy atom. The van der Waals surface area contributed by atoms with Gasteiger partial charge in [-0.25, -0.2) is 17.2 Å². The van der Waals surface area contributed by atoms with Crippen molar-refractivity contribution in [3.05, 3.63) is 132 Å². The number of amides is 2. The summed E-state index contributed by atoms with van der Waals surface area (Å²) in [5.41, 5.74) is 1.47. The van der Waals surface area contributed by atoms with E-state index in [2.05, 4.69) is 5.32 Å². The van der Waals surface area contributed by atoms with Gasteiger partial charge in [-0.2, -0.15) is 0 Å². The van der Waals surface area contributed by atoms with E-state index in [0.717, 1.165) is 54.1 Å². The van der Waals surface area contributed by atoms with Crippen molar-refractivity contribution in [2.45, 2.75) is 62.0 Å². The van der Waals surface area contributed by atoms with Gasteiger partial charge in [0.2, 0.25) is 11.8 Å². The summed E-state index contributed by atoms with van der Waals surface area (Å²) in [4.78, 5) is 29.9. The lowest BCUT2D eigenvalue weighted by Gasteiger charge is -2.35. The van der Waals surface area contributed by atoms with Gasteiger partial charge >= 0.3 is 0 Å². The van der Waals surface area contributed by atoms with Crippen LogP contribution < -0.4 is 9.62 Å². The molecule has 0 aromatic heterocycles. The largest absolute Gasteiger partial charge is 0.352 e. The minimum absolute atomic E-state index is 0.0310. The Bertz CT molecular complexity index is 1700. The van der Waals surface area contributed by atoms with Crippen LogP contribution >= 0.6 is 0 Å². The molecule has 0 heterocycles. The normalized spacial score (nSPS) is 14.3. The van der Waals surface area contributed by atoms with Gasteiger partial charge in [-0.15, -0.1) is 0 Å². The minimum atomic E-state index is -4.29. The zero-order chi connectivity index (χ0) is 32.5. The first-order valence-electron chi connectivity index (χ1n) is 15.4. The number of rotatable bonds is 12. The Morgan fingerprint density at radius 1 is 0.739 bits per heavy atom. The molecule has 1 aliphatic rings. The number of nitrogens with zero attached hydrogens (tertiary/aromatic N) is 2. The lowest BCUT2D eigenvalue weighted by Crippen LogP contribution is -2.55. The number of benzene rings is 4. The molecule has 240 valence electrons. The van der Waals surface area contributed by atoms with E-state index < -0.39 is 40.2 Å². The molecule has 5 rings (SSSR count). The summed E-state index contributed by atoms with van der Waals surface area (Å²) in [7, 11) is -4.29. The van der Waals surface area contributed by atoms with E-state index in [1.54, 1.807) is 18.2 Å². The van der Waals surface area contributed by atoms with Crippen molar-refractivity contribution < 1.29 is 26.8 Å². The van der Waals surface area contributed by atoms with Crippen molar-refractivity contribution in [2.75, 3.05) is 10.8 Å². The van der Waals surface area contributed by atoms with E-state index in [4.69, 9.17) is 0 Å². The molecule has 7 nitrogen and oxygen atoms in total. The smallest absolute Gasteiger partial charge is 0.264 e. The van der Waals surface area contributed by atoms with Gasteiger partial charge in [0.15, 0.2) is 0 Å². The molecule has 4 aromatic rings. The summed E-state index contributed by atoms with van der Waals surface area (Å²) in [6, 6.07) is 26.4. The number of carbonyl (C=O) groups excluding carboxylic acids is 2. The number of sulfonamides is 1. The summed E-state index contributed by atoms with van der Waals surface area (Å²) >= 11 is 0. The van der Waals surface area contributed by atoms with Crippen LogP contribution in [0.5, 0.6) is 0 Å². The first-order chi connectivity index (χ1) is 22.2. The molecule has 1 N–H and O–H groups in total. The first kappa shape index (κ1) is 32.8. The van der Waals surface area contributed by atoms with E-state index in [1.165, 1.54) is 53.4 Å². The van der Waals surface area contributed by atoms with Crippen molar-refractivity contribution in [1.29, 1.82) is 0 Å². The topological polar surface area (TPSA) is 86.8 Å². The highest BCUT2D eigenvalue weighted by Crippen LogP contribution is 2.26. The van der Waals surface area contributed by atoms with Gasteiger partial charge in [0.1, 0.15) is 24.2 Å². The number of carbonyl (C=O) groups is 2. The first-order valence-corrected chi connectivity index (χ1v) is 16.9. The molecule has 1 atom stereocenters. The lowest BCUT2D eigenvalue weighted by molar-refractivity contribution is -0.140. The quantitative estimate of drug-likeness (QED) is 0.197. The molecule has 0 spiro atoms. The maximum Gasteiger partial charge on any atom is 0.264 e. The molecule has 0 aliphatic heterocycles. The van der Waals surface area contributed by atoms with Gasteiger partial charge in [0, 0.05) is 19.0 Å². The molecule has 0 bridgehead atoms. The third-order valence-electron chi connectivity index (χ3n) is 8.21. The van der Waals surface area contributed by atoms with Crippen LogP contribution in [0.15, 0.2) is 114 Å². The highest BCUT2D eigenvalue weighted by Gasteiger charge is 2.35. The van der Waals surface area contributed by atoms with Gasteiger partial charge in [0.05, 0.1) is 10.6 Å². The predicted octanol–water partition coefficient (Wildman–Crippen LogP) is 6.25. The third-order valence-corrected chi connectivity index (χ3v) is 10.0. The maximum absolute atomic E-state index is 14.5. The number of hydrogen-bond donors (Lipinski definition) is 1. The second-order valence-electron chi connectivity index (χ2n) is 11.5. The summed E-state index contributed by atoms with van der Waals surface area (Å²) in [5.74, 6) is -2.00. The minimum Gasteiger partial charge on any atom is -0.352 e. The molecule has 0 unspecified atom stereocenters. The second kappa shape index (κ2) is 15.1. The predicted molar refractivity (Wildman–Crippen MR) is 173 cm³/mol. The number of hydrogen-bond acceptors (Lipinski definition) is 4. The molecule has 46 heavy (non-hydrogen) atoms. The summed E-state index contributed by atoms with van der Waals surface area (Å²) in [6.07, 6.45) is 4.94. The van der Waals surface area contributed by atoms with Crippen LogP contribution in [-0.2, 0) is 32.6 Å². The van der Waals surface area contributed by atoms with E-state index in [9.17, 15) is 26.8 Å². The van der Waals surface area contributed by atoms with Crippen LogP contribution in [0.4, 0.5) is 14.5 Å². The van der Waals surface area contributed by atoms with Gasteiger partial charge in [-0.05, 0) is 72.5 Å². The maximum atomic E-state index is 14.5. The average Bonchev–Trinajstić information content (AvgIpc) is 3.07. The fourth-order valence-electron chi connectivity index (χ4n) is 5.74. The summed E-state index contributed by atoms with van der Waals surface area (Å²) in [5, 5.41) is 3.15. The summed E-state index contributed by atoms with van der Waals surface area (Å²) in [6.45, 7) is -0.733. The van der Waals surface area contributed by atoms with Crippen molar-refractivity contribution in [1.82, 2.24) is 10.2 Å². The van der Waals surface area contributed by atoms with Gasteiger partial charge in [-0.3, -0.25) is 13.9 Å². The fraction of sp³-hybridized carbons (Fsp3) is 0.278. The summed E-state index contributed by atoms with van der Waals surface area (Å²) < 4.78 is 56.6. The second-order valence-corrected chi connectivity index (χ2v) is 13.4. The highest BCUT2D eigenvalue weighted by atomic mass is 32.2. The van der Waals surface area contributed by atoms with Crippen LogP contribution in [0.1, 0.15) is 43.2 Å². The molecule has 10 heteroatoms. The molecular weight excluding hydrogens is 608 g/mol. The van der Waals surface area contributed by atoms with Crippen LogP contribution in [0.25, 0.3) is 0 Å². The lowest BCUT2D eigenvalue weighted by atomic mass is 9.94. The molecular formula is C36H37F2N3O4S. The van der Waals surface area contributed by atoms with Gasteiger partial charge < -0.3 is 10.2 Å². The zero-order valence-corrected chi connectivity index (χ0v) is 26.2.